The molecule has 0 bridgehead atoms. The van der Waals surface area contributed by atoms with Crippen LogP contribution in [0.1, 0.15) is 41.1 Å². The number of fused-ring (bicyclic) bond motifs is 1. The predicted octanol–water partition coefficient (Wildman–Crippen LogP) is 3.56. The van der Waals surface area contributed by atoms with Crippen molar-refractivity contribution in [3.63, 3.8) is 0 Å². The highest BCUT2D eigenvalue weighted by molar-refractivity contribution is 5.95. The second-order valence-electron chi connectivity index (χ2n) is 7.35. The van der Waals surface area contributed by atoms with Crippen LogP contribution in [0.15, 0.2) is 54.6 Å². The van der Waals surface area contributed by atoms with E-state index < -0.39 is 12.6 Å². The van der Waals surface area contributed by atoms with Crippen LogP contribution < -0.4 is 4.74 Å². The summed E-state index contributed by atoms with van der Waals surface area (Å²) in [5, 5.41) is 8.77. The van der Waals surface area contributed by atoms with Gasteiger partial charge < -0.3 is 14.7 Å². The van der Waals surface area contributed by atoms with Gasteiger partial charge in [0.15, 0.2) is 6.61 Å². The first-order valence-electron chi connectivity index (χ1n) is 9.44. The Bertz CT molecular complexity index is 835. The minimum Gasteiger partial charge on any atom is -0.482 e. The molecule has 1 aliphatic carbocycles. The summed E-state index contributed by atoms with van der Waals surface area (Å²) in [5.41, 5.74) is 1.86. The first-order valence-corrected chi connectivity index (χ1v) is 9.44. The number of hydrogen-bond acceptors (Lipinski definition) is 3. The van der Waals surface area contributed by atoms with Crippen LogP contribution in [-0.2, 0) is 4.79 Å². The summed E-state index contributed by atoms with van der Waals surface area (Å²) in [7, 11) is 0. The minimum absolute atomic E-state index is 0.00565. The summed E-state index contributed by atoms with van der Waals surface area (Å²) in [6.07, 6.45) is 3.37. The van der Waals surface area contributed by atoms with Crippen LogP contribution in [0.2, 0.25) is 0 Å². The Morgan fingerprint density at radius 2 is 1.89 bits per heavy atom. The monoisotopic (exact) mass is 365 g/mol. The van der Waals surface area contributed by atoms with Crippen molar-refractivity contribution in [3.8, 4) is 5.75 Å². The molecule has 5 nitrogen and oxygen atoms in total. The molecule has 1 amide bonds. The maximum Gasteiger partial charge on any atom is 0.341 e. The van der Waals surface area contributed by atoms with E-state index in [4.69, 9.17) is 9.84 Å². The lowest BCUT2D eigenvalue weighted by Crippen LogP contribution is -2.36. The number of likely N-dealkylation sites (tertiary alicyclic amines) is 1. The largest absolute Gasteiger partial charge is 0.482 e. The highest BCUT2D eigenvalue weighted by Crippen LogP contribution is 2.46. The molecular formula is C22H23NO4. The molecule has 0 aromatic heterocycles. The molecule has 3 unspecified atom stereocenters. The van der Waals surface area contributed by atoms with E-state index in [0.717, 1.165) is 25.8 Å². The molecule has 1 saturated carbocycles. The van der Waals surface area contributed by atoms with Crippen molar-refractivity contribution in [2.24, 2.45) is 5.92 Å². The summed E-state index contributed by atoms with van der Waals surface area (Å²) in [4.78, 5) is 25.9. The van der Waals surface area contributed by atoms with E-state index in [-0.39, 0.29) is 11.9 Å². The van der Waals surface area contributed by atoms with E-state index in [1.807, 2.05) is 11.0 Å². The van der Waals surface area contributed by atoms with Crippen LogP contribution in [0, 0.1) is 5.92 Å². The number of hydrogen-bond donors (Lipinski definition) is 1. The molecule has 1 saturated heterocycles. The van der Waals surface area contributed by atoms with Gasteiger partial charge in [0.1, 0.15) is 5.75 Å². The van der Waals surface area contributed by atoms with Gasteiger partial charge in [-0.15, -0.1) is 0 Å². The van der Waals surface area contributed by atoms with E-state index in [1.165, 1.54) is 5.56 Å². The average molecular weight is 365 g/mol. The maximum absolute atomic E-state index is 13.2. The summed E-state index contributed by atoms with van der Waals surface area (Å²) in [6, 6.07) is 17.6. The molecule has 4 rings (SSSR count). The smallest absolute Gasteiger partial charge is 0.341 e. The first kappa shape index (κ1) is 17.6. The SMILES string of the molecule is O=C(O)COc1cccc(C(=O)N2CC(c3ccccc3)C3CCCC32)c1. The third-order valence-electron chi connectivity index (χ3n) is 5.77. The Labute approximate surface area is 158 Å². The Morgan fingerprint density at radius 1 is 1.07 bits per heavy atom. The van der Waals surface area contributed by atoms with Crippen molar-refractivity contribution >= 4 is 11.9 Å². The molecule has 0 spiro atoms. The highest BCUT2D eigenvalue weighted by atomic mass is 16.5. The van der Waals surface area contributed by atoms with Gasteiger partial charge in [0, 0.05) is 24.1 Å². The second-order valence-corrected chi connectivity index (χ2v) is 7.35. The lowest BCUT2D eigenvalue weighted by Gasteiger charge is -2.24. The van der Waals surface area contributed by atoms with Gasteiger partial charge in [-0.3, -0.25) is 4.79 Å². The highest BCUT2D eigenvalue weighted by Gasteiger charge is 2.46. The van der Waals surface area contributed by atoms with Gasteiger partial charge in [-0.2, -0.15) is 0 Å². The van der Waals surface area contributed by atoms with Crippen molar-refractivity contribution in [1.29, 1.82) is 0 Å². The lowest BCUT2D eigenvalue weighted by molar-refractivity contribution is -0.139. The Morgan fingerprint density at radius 3 is 2.67 bits per heavy atom. The van der Waals surface area contributed by atoms with Gasteiger partial charge in [0.25, 0.3) is 5.91 Å². The number of aliphatic carboxylic acids is 1. The Balaban J connectivity index is 1.55. The summed E-state index contributed by atoms with van der Waals surface area (Å²) in [5.74, 6) is 0.277. The molecule has 1 N–H and O–H groups in total. The number of amides is 1. The number of nitrogens with zero attached hydrogens (tertiary/aromatic N) is 1. The molecule has 2 fully saturated rings. The predicted molar refractivity (Wildman–Crippen MR) is 101 cm³/mol. The van der Waals surface area contributed by atoms with E-state index in [9.17, 15) is 9.59 Å². The maximum atomic E-state index is 13.2. The van der Waals surface area contributed by atoms with Crippen molar-refractivity contribution < 1.29 is 19.4 Å². The quantitative estimate of drug-likeness (QED) is 0.880. The molecule has 2 aromatic carbocycles. The van der Waals surface area contributed by atoms with Crippen LogP contribution in [0.4, 0.5) is 0 Å². The molecule has 0 radical (unpaired) electrons. The number of rotatable bonds is 5. The zero-order valence-electron chi connectivity index (χ0n) is 15.1. The molecule has 2 aliphatic rings. The number of benzene rings is 2. The molecular weight excluding hydrogens is 342 g/mol. The zero-order valence-corrected chi connectivity index (χ0v) is 15.1. The minimum atomic E-state index is -1.04. The summed E-state index contributed by atoms with van der Waals surface area (Å²) >= 11 is 0. The standard InChI is InChI=1S/C22H23NO4/c24-21(25)14-27-17-9-4-8-16(12-17)22(26)23-13-19(15-6-2-1-3-7-15)18-10-5-11-20(18)23/h1-4,6-9,12,18-20H,5,10-11,13-14H2,(H,24,25). The normalized spacial score (nSPS) is 23.9. The molecule has 2 aromatic rings. The summed E-state index contributed by atoms with van der Waals surface area (Å²) < 4.78 is 5.23. The van der Waals surface area contributed by atoms with Gasteiger partial charge in [-0.1, -0.05) is 42.8 Å². The van der Waals surface area contributed by atoms with Gasteiger partial charge in [-0.25, -0.2) is 4.79 Å². The number of carbonyl (C=O) groups is 2. The van der Waals surface area contributed by atoms with Crippen LogP contribution in [0.25, 0.3) is 0 Å². The number of carboxylic acid groups (broad SMARTS) is 1. The van der Waals surface area contributed by atoms with Crippen LogP contribution in [-0.4, -0.2) is 41.1 Å². The summed E-state index contributed by atoms with van der Waals surface area (Å²) in [6.45, 7) is 0.320. The van der Waals surface area contributed by atoms with E-state index in [1.54, 1.807) is 24.3 Å². The van der Waals surface area contributed by atoms with E-state index in [2.05, 4.69) is 24.3 Å². The Kier molecular flexibility index (Phi) is 4.84. The molecule has 1 heterocycles. The fraction of sp³-hybridized carbons (Fsp3) is 0.364. The third-order valence-corrected chi connectivity index (χ3v) is 5.77. The fourth-order valence-electron chi connectivity index (χ4n) is 4.62. The van der Waals surface area contributed by atoms with Gasteiger partial charge in [-0.05, 0) is 42.5 Å². The number of carboxylic acids is 1. The van der Waals surface area contributed by atoms with E-state index >= 15 is 0 Å². The van der Waals surface area contributed by atoms with Crippen LogP contribution in [0.3, 0.4) is 0 Å². The number of carbonyl (C=O) groups excluding carboxylic acids is 1. The second kappa shape index (κ2) is 7.43. The van der Waals surface area contributed by atoms with Crippen LogP contribution >= 0.6 is 0 Å². The molecule has 3 atom stereocenters. The van der Waals surface area contributed by atoms with Crippen molar-refractivity contribution in [1.82, 2.24) is 4.90 Å². The van der Waals surface area contributed by atoms with Crippen LogP contribution in [0.5, 0.6) is 5.75 Å². The average Bonchev–Trinajstić information content (AvgIpc) is 3.29. The number of ether oxygens (including phenoxy) is 1. The molecule has 1 aliphatic heterocycles. The van der Waals surface area contributed by atoms with Crippen molar-refractivity contribution in [3.05, 3.63) is 65.7 Å². The van der Waals surface area contributed by atoms with Gasteiger partial charge >= 0.3 is 5.97 Å². The van der Waals surface area contributed by atoms with Gasteiger partial charge in [0.05, 0.1) is 0 Å². The van der Waals surface area contributed by atoms with Gasteiger partial charge in [0.2, 0.25) is 0 Å². The first-order chi connectivity index (χ1) is 13.1. The molecule has 27 heavy (non-hydrogen) atoms. The topological polar surface area (TPSA) is 66.8 Å². The lowest BCUT2D eigenvalue weighted by atomic mass is 9.87. The van der Waals surface area contributed by atoms with Crippen molar-refractivity contribution in [2.45, 2.75) is 31.2 Å². The van der Waals surface area contributed by atoms with E-state index in [0.29, 0.717) is 23.1 Å². The molecule has 140 valence electrons. The molecule has 5 heteroatoms. The van der Waals surface area contributed by atoms with Crippen molar-refractivity contribution in [2.75, 3.05) is 13.2 Å². The zero-order chi connectivity index (χ0) is 18.8. The fourth-order valence-corrected chi connectivity index (χ4v) is 4.62. The Hall–Kier alpha value is -2.82. The third kappa shape index (κ3) is 3.54.